The molecule has 23 heavy (non-hydrogen) atoms. The van der Waals surface area contributed by atoms with Crippen LogP contribution in [0.5, 0.6) is 0 Å². The lowest BCUT2D eigenvalue weighted by molar-refractivity contribution is 0.0937. The van der Waals surface area contributed by atoms with E-state index in [1.807, 2.05) is 30.5 Å². The average Bonchev–Trinajstić information content (AvgIpc) is 2.97. The second kappa shape index (κ2) is 7.20. The van der Waals surface area contributed by atoms with Crippen molar-refractivity contribution in [2.45, 2.75) is 24.3 Å². The van der Waals surface area contributed by atoms with Gasteiger partial charge in [-0.1, -0.05) is 30.3 Å². The topological polar surface area (TPSA) is 29.1 Å². The normalized spacial score (nSPS) is 12.3. The number of benzene rings is 2. The van der Waals surface area contributed by atoms with Crippen molar-refractivity contribution in [1.82, 2.24) is 5.32 Å². The van der Waals surface area contributed by atoms with Gasteiger partial charge in [-0.2, -0.15) is 0 Å². The zero-order valence-corrected chi connectivity index (χ0v) is 14.8. The molecule has 3 rings (SSSR count). The minimum atomic E-state index is 0.00184. The molecule has 2 nitrogen and oxygen atoms in total. The van der Waals surface area contributed by atoms with E-state index in [1.54, 1.807) is 23.1 Å². The average molecular weight is 342 g/mol. The molecule has 3 aromatic rings. The van der Waals surface area contributed by atoms with Gasteiger partial charge in [0.2, 0.25) is 0 Å². The number of amides is 1. The molecule has 1 aromatic heterocycles. The number of nitrogens with one attached hydrogen (secondary N) is 1. The molecule has 0 fully saturated rings. The molecule has 0 spiro atoms. The van der Waals surface area contributed by atoms with Gasteiger partial charge < -0.3 is 5.32 Å². The summed E-state index contributed by atoms with van der Waals surface area (Å²) in [6, 6.07) is 16.2. The Morgan fingerprint density at radius 1 is 1.17 bits per heavy atom. The summed E-state index contributed by atoms with van der Waals surface area (Å²) in [4.78, 5) is 13.5. The summed E-state index contributed by atoms with van der Waals surface area (Å²) in [7, 11) is 0. The highest BCUT2D eigenvalue weighted by Gasteiger charge is 2.14. The Morgan fingerprint density at radius 3 is 2.74 bits per heavy atom. The van der Waals surface area contributed by atoms with E-state index < -0.39 is 0 Å². The summed E-state index contributed by atoms with van der Waals surface area (Å²) in [5, 5.41) is 6.62. The first-order valence-corrected chi connectivity index (χ1v) is 9.68. The van der Waals surface area contributed by atoms with Gasteiger partial charge in [0.1, 0.15) is 0 Å². The Kier molecular flexibility index (Phi) is 5.03. The van der Waals surface area contributed by atoms with Crippen LogP contribution >= 0.6 is 23.1 Å². The third kappa shape index (κ3) is 3.59. The molecule has 1 heterocycles. The Hall–Kier alpha value is -1.78. The summed E-state index contributed by atoms with van der Waals surface area (Å²) in [6.45, 7) is 2.06. The van der Waals surface area contributed by atoms with Crippen molar-refractivity contribution in [2.24, 2.45) is 0 Å². The van der Waals surface area contributed by atoms with E-state index in [1.165, 1.54) is 15.6 Å². The van der Waals surface area contributed by atoms with Crippen LogP contribution in [0.25, 0.3) is 10.1 Å². The number of hydrogen-bond acceptors (Lipinski definition) is 3. The highest BCUT2D eigenvalue weighted by Crippen LogP contribution is 2.26. The van der Waals surface area contributed by atoms with Crippen LogP contribution in [0.15, 0.2) is 58.8 Å². The van der Waals surface area contributed by atoms with E-state index in [-0.39, 0.29) is 11.9 Å². The van der Waals surface area contributed by atoms with Crippen LogP contribution in [0, 0.1) is 0 Å². The summed E-state index contributed by atoms with van der Waals surface area (Å²) in [6.07, 6.45) is 2.84. The van der Waals surface area contributed by atoms with Crippen molar-refractivity contribution in [3.8, 4) is 0 Å². The molecular formula is C19H19NOS2. The number of rotatable bonds is 5. The monoisotopic (exact) mass is 341 g/mol. The fourth-order valence-electron chi connectivity index (χ4n) is 2.71. The molecule has 0 aliphatic rings. The van der Waals surface area contributed by atoms with E-state index >= 15 is 0 Å². The van der Waals surface area contributed by atoms with Gasteiger partial charge in [-0.3, -0.25) is 4.79 Å². The highest BCUT2D eigenvalue weighted by atomic mass is 32.2. The van der Waals surface area contributed by atoms with Crippen molar-refractivity contribution in [1.29, 1.82) is 0 Å². The van der Waals surface area contributed by atoms with E-state index in [2.05, 4.69) is 41.9 Å². The molecule has 0 saturated carbocycles. The van der Waals surface area contributed by atoms with Gasteiger partial charge >= 0.3 is 0 Å². The van der Waals surface area contributed by atoms with Crippen molar-refractivity contribution in [2.75, 3.05) is 6.26 Å². The number of fused-ring (bicyclic) bond motifs is 1. The van der Waals surface area contributed by atoms with Crippen LogP contribution in [0.3, 0.4) is 0 Å². The third-order valence-electron chi connectivity index (χ3n) is 3.82. The quantitative estimate of drug-likeness (QED) is 0.663. The number of hydrogen-bond donors (Lipinski definition) is 1. The van der Waals surface area contributed by atoms with E-state index in [0.29, 0.717) is 0 Å². The standard InChI is InChI=1S/C19H19NOS2/c1-13(11-14-12-23-18-10-6-3-7-15(14)18)20-19(21)16-8-4-5-9-17(16)22-2/h3-10,12-13H,11H2,1-2H3,(H,20,21)/t13-/m1/s1. The molecule has 0 unspecified atom stereocenters. The van der Waals surface area contributed by atoms with Gasteiger partial charge in [0, 0.05) is 15.6 Å². The first kappa shape index (κ1) is 16.1. The van der Waals surface area contributed by atoms with Crippen molar-refractivity contribution < 1.29 is 4.79 Å². The molecule has 1 atom stereocenters. The number of thiophene rings is 1. The second-order valence-electron chi connectivity index (χ2n) is 5.54. The maximum absolute atomic E-state index is 12.5. The molecule has 0 aliphatic heterocycles. The molecule has 118 valence electrons. The maximum atomic E-state index is 12.5. The lowest BCUT2D eigenvalue weighted by Gasteiger charge is -2.15. The fraction of sp³-hybridized carbons (Fsp3) is 0.211. The largest absolute Gasteiger partial charge is 0.349 e. The van der Waals surface area contributed by atoms with Gasteiger partial charge in [0.25, 0.3) is 5.91 Å². The zero-order chi connectivity index (χ0) is 16.2. The van der Waals surface area contributed by atoms with Crippen LogP contribution in [0.4, 0.5) is 0 Å². The second-order valence-corrected chi connectivity index (χ2v) is 7.30. The SMILES string of the molecule is CSc1ccccc1C(=O)N[C@H](C)Cc1csc2ccccc12. The van der Waals surface area contributed by atoms with Crippen molar-refractivity contribution in [3.63, 3.8) is 0 Å². The predicted molar refractivity (Wildman–Crippen MR) is 101 cm³/mol. The molecule has 1 amide bonds. The Bertz CT molecular complexity index is 825. The number of carbonyl (C=O) groups excluding carboxylic acids is 1. The van der Waals surface area contributed by atoms with Gasteiger partial charge in [0.15, 0.2) is 0 Å². The lowest BCUT2D eigenvalue weighted by atomic mass is 10.1. The highest BCUT2D eigenvalue weighted by molar-refractivity contribution is 7.98. The summed E-state index contributed by atoms with van der Waals surface area (Å²) in [5.41, 5.74) is 2.05. The molecule has 4 heteroatoms. The molecule has 0 bridgehead atoms. The smallest absolute Gasteiger partial charge is 0.252 e. The van der Waals surface area contributed by atoms with E-state index in [9.17, 15) is 4.79 Å². The van der Waals surface area contributed by atoms with Crippen LogP contribution in [0.2, 0.25) is 0 Å². The third-order valence-corrected chi connectivity index (χ3v) is 5.62. The Labute approximate surface area is 144 Å². The fourth-order valence-corrected chi connectivity index (χ4v) is 4.28. The minimum absolute atomic E-state index is 0.00184. The predicted octanol–water partition coefficient (Wildman–Crippen LogP) is 4.98. The molecule has 0 radical (unpaired) electrons. The lowest BCUT2D eigenvalue weighted by Crippen LogP contribution is -2.34. The molecular weight excluding hydrogens is 322 g/mol. The molecule has 0 saturated heterocycles. The number of thioether (sulfide) groups is 1. The maximum Gasteiger partial charge on any atom is 0.252 e. The summed E-state index contributed by atoms with van der Waals surface area (Å²) >= 11 is 3.36. The first-order chi connectivity index (χ1) is 11.2. The first-order valence-electron chi connectivity index (χ1n) is 7.58. The molecule has 1 N–H and O–H groups in total. The van der Waals surface area contributed by atoms with Crippen molar-refractivity contribution in [3.05, 3.63) is 65.0 Å². The van der Waals surface area contributed by atoms with Gasteiger partial charge in [-0.25, -0.2) is 0 Å². The van der Waals surface area contributed by atoms with Gasteiger partial charge in [-0.15, -0.1) is 23.1 Å². The molecule has 2 aromatic carbocycles. The Morgan fingerprint density at radius 2 is 1.91 bits per heavy atom. The summed E-state index contributed by atoms with van der Waals surface area (Å²) in [5.74, 6) is 0.00184. The minimum Gasteiger partial charge on any atom is -0.349 e. The van der Waals surface area contributed by atoms with Crippen LogP contribution < -0.4 is 5.32 Å². The van der Waals surface area contributed by atoms with Gasteiger partial charge in [0.05, 0.1) is 5.56 Å². The molecule has 0 aliphatic carbocycles. The van der Waals surface area contributed by atoms with Crippen molar-refractivity contribution >= 4 is 39.1 Å². The van der Waals surface area contributed by atoms with Crippen LogP contribution in [-0.4, -0.2) is 18.2 Å². The van der Waals surface area contributed by atoms with Crippen LogP contribution in [-0.2, 0) is 6.42 Å². The summed E-state index contributed by atoms with van der Waals surface area (Å²) < 4.78 is 1.30. The van der Waals surface area contributed by atoms with E-state index in [0.717, 1.165) is 16.9 Å². The number of carbonyl (C=O) groups is 1. The van der Waals surface area contributed by atoms with Crippen LogP contribution in [0.1, 0.15) is 22.8 Å². The zero-order valence-electron chi connectivity index (χ0n) is 13.2. The van der Waals surface area contributed by atoms with Gasteiger partial charge in [-0.05, 0) is 54.1 Å². The Balaban J connectivity index is 1.72. The van der Waals surface area contributed by atoms with E-state index in [4.69, 9.17) is 0 Å².